The molecule has 1 atom stereocenters. The molecule has 4 aromatic rings. The lowest BCUT2D eigenvalue weighted by Crippen LogP contribution is -2.18. The van der Waals surface area contributed by atoms with Crippen LogP contribution in [-0.4, -0.2) is 31.2 Å². The smallest absolute Gasteiger partial charge is 0.132 e. The zero-order valence-electron chi connectivity index (χ0n) is 18.3. The molecule has 0 spiro atoms. The molecule has 2 aromatic heterocycles. The Labute approximate surface area is 188 Å². The molecule has 1 aliphatic rings. The summed E-state index contributed by atoms with van der Waals surface area (Å²) in [7, 11) is 0. The van der Waals surface area contributed by atoms with Crippen LogP contribution in [-0.2, 0) is 26.1 Å². The molecular weight excluding hydrogens is 400 g/mol. The molecule has 1 aliphatic heterocycles. The predicted molar refractivity (Wildman–Crippen MR) is 124 cm³/mol. The Kier molecular flexibility index (Phi) is 5.87. The molecule has 0 radical (unpaired) electrons. The van der Waals surface area contributed by atoms with Crippen molar-refractivity contribution in [3.8, 4) is 5.75 Å². The van der Waals surface area contributed by atoms with Crippen LogP contribution in [0.5, 0.6) is 5.75 Å². The van der Waals surface area contributed by atoms with Crippen molar-refractivity contribution in [1.29, 1.82) is 0 Å². The van der Waals surface area contributed by atoms with E-state index >= 15 is 0 Å². The number of rotatable bonds is 8. The Morgan fingerprint density at radius 3 is 2.88 bits per heavy atom. The Balaban J connectivity index is 1.23. The first kappa shape index (κ1) is 20.3. The van der Waals surface area contributed by atoms with Gasteiger partial charge in [0.15, 0.2) is 0 Å². The minimum atomic E-state index is 0.517. The van der Waals surface area contributed by atoms with E-state index in [-0.39, 0.29) is 0 Å². The van der Waals surface area contributed by atoms with Crippen LogP contribution in [0.25, 0.3) is 0 Å². The molecule has 164 valence electrons. The van der Waals surface area contributed by atoms with Gasteiger partial charge >= 0.3 is 0 Å². The molecule has 3 heterocycles. The van der Waals surface area contributed by atoms with E-state index in [1.165, 1.54) is 11.1 Å². The number of nitrogens with zero attached hydrogens (tertiary/aromatic N) is 5. The Morgan fingerprint density at radius 2 is 2.06 bits per heavy atom. The largest absolute Gasteiger partial charge is 0.494 e. The van der Waals surface area contributed by atoms with E-state index in [1.54, 1.807) is 6.20 Å². The van der Waals surface area contributed by atoms with Gasteiger partial charge in [-0.2, -0.15) is 5.10 Å². The second-order valence-corrected chi connectivity index (χ2v) is 8.19. The van der Waals surface area contributed by atoms with E-state index in [9.17, 15) is 0 Å². The molecule has 0 bridgehead atoms. The van der Waals surface area contributed by atoms with Gasteiger partial charge in [-0.3, -0.25) is 4.68 Å². The molecule has 0 unspecified atom stereocenters. The summed E-state index contributed by atoms with van der Waals surface area (Å²) in [6.45, 7) is 5.07. The molecule has 5 rings (SSSR count). The highest BCUT2D eigenvalue weighted by Crippen LogP contribution is 2.29. The minimum absolute atomic E-state index is 0.517. The van der Waals surface area contributed by atoms with Gasteiger partial charge in [-0.1, -0.05) is 18.2 Å². The standard InChI is InChI=1S/C25H28N6O/c1-2-32-24-10-4-19(14-22(24)17-31-13-3-12-28-31)15-26-23-8-5-20(6-9-23)21-7-11-25-29-27-18-30(25)16-21/h3-6,8-10,12-14,18,21,26H,2,7,11,15-17H2,1H3/t21-/m0/s1. The highest BCUT2D eigenvalue weighted by molar-refractivity contribution is 5.47. The number of benzene rings is 2. The van der Waals surface area contributed by atoms with E-state index < -0.39 is 0 Å². The van der Waals surface area contributed by atoms with Crippen molar-refractivity contribution < 1.29 is 4.74 Å². The van der Waals surface area contributed by atoms with Crippen molar-refractivity contribution in [2.75, 3.05) is 11.9 Å². The van der Waals surface area contributed by atoms with Crippen LogP contribution < -0.4 is 10.1 Å². The maximum Gasteiger partial charge on any atom is 0.132 e. The third-order valence-electron chi connectivity index (χ3n) is 6.02. The van der Waals surface area contributed by atoms with Crippen LogP contribution in [0.3, 0.4) is 0 Å². The van der Waals surface area contributed by atoms with Crippen molar-refractivity contribution in [1.82, 2.24) is 24.5 Å². The first-order valence-corrected chi connectivity index (χ1v) is 11.2. The molecule has 1 N–H and O–H groups in total. The van der Waals surface area contributed by atoms with E-state index in [0.717, 1.165) is 48.8 Å². The van der Waals surface area contributed by atoms with Crippen LogP contribution in [0, 0.1) is 0 Å². The number of nitrogens with one attached hydrogen (secondary N) is 1. The fraction of sp³-hybridized carbons (Fsp3) is 0.320. The summed E-state index contributed by atoms with van der Waals surface area (Å²) in [5.74, 6) is 2.53. The van der Waals surface area contributed by atoms with Crippen molar-refractivity contribution >= 4 is 5.69 Å². The van der Waals surface area contributed by atoms with Crippen molar-refractivity contribution in [2.45, 2.75) is 45.3 Å². The third kappa shape index (κ3) is 4.51. The predicted octanol–water partition coefficient (Wildman–Crippen LogP) is 4.26. The number of anilines is 1. The number of hydrogen-bond acceptors (Lipinski definition) is 5. The Bertz CT molecular complexity index is 1150. The van der Waals surface area contributed by atoms with Crippen molar-refractivity contribution in [2.24, 2.45) is 0 Å². The summed E-state index contributed by atoms with van der Waals surface area (Å²) in [6.07, 6.45) is 7.72. The number of ether oxygens (including phenoxy) is 1. The molecule has 0 amide bonds. The van der Waals surface area contributed by atoms with Gasteiger partial charge in [-0.25, -0.2) is 0 Å². The van der Waals surface area contributed by atoms with Gasteiger partial charge in [0.1, 0.15) is 17.9 Å². The highest BCUT2D eigenvalue weighted by atomic mass is 16.5. The van der Waals surface area contributed by atoms with Crippen LogP contribution in [0.15, 0.2) is 67.3 Å². The quantitative estimate of drug-likeness (QED) is 0.454. The number of aryl methyl sites for hydroxylation is 1. The summed E-state index contributed by atoms with van der Waals surface area (Å²) in [5, 5.41) is 16.1. The summed E-state index contributed by atoms with van der Waals surface area (Å²) in [6, 6.07) is 17.2. The second-order valence-electron chi connectivity index (χ2n) is 8.19. The highest BCUT2D eigenvalue weighted by Gasteiger charge is 2.20. The minimum Gasteiger partial charge on any atom is -0.494 e. The number of aromatic nitrogens is 5. The molecule has 32 heavy (non-hydrogen) atoms. The maximum absolute atomic E-state index is 5.82. The summed E-state index contributed by atoms with van der Waals surface area (Å²) < 4.78 is 9.91. The summed E-state index contributed by atoms with van der Waals surface area (Å²) in [4.78, 5) is 0. The van der Waals surface area contributed by atoms with Gasteiger partial charge < -0.3 is 14.6 Å². The normalized spacial score (nSPS) is 15.3. The first-order chi connectivity index (χ1) is 15.8. The lowest BCUT2D eigenvalue weighted by molar-refractivity contribution is 0.335. The number of hydrogen-bond donors (Lipinski definition) is 1. The van der Waals surface area contributed by atoms with Crippen LogP contribution in [0.4, 0.5) is 5.69 Å². The van der Waals surface area contributed by atoms with E-state index in [4.69, 9.17) is 4.74 Å². The van der Waals surface area contributed by atoms with Crippen LogP contribution >= 0.6 is 0 Å². The van der Waals surface area contributed by atoms with Gasteiger partial charge in [0.05, 0.1) is 13.2 Å². The zero-order valence-corrected chi connectivity index (χ0v) is 18.3. The lowest BCUT2D eigenvalue weighted by atomic mass is 9.91. The summed E-state index contributed by atoms with van der Waals surface area (Å²) in [5.41, 5.74) is 4.84. The van der Waals surface area contributed by atoms with Gasteiger partial charge in [-0.05, 0) is 54.8 Å². The molecule has 2 aromatic carbocycles. The topological polar surface area (TPSA) is 69.8 Å². The zero-order chi connectivity index (χ0) is 21.8. The van der Waals surface area contributed by atoms with Crippen LogP contribution in [0.2, 0.25) is 0 Å². The van der Waals surface area contributed by atoms with E-state index in [1.807, 2.05) is 30.2 Å². The molecule has 7 heteroatoms. The fourth-order valence-electron chi connectivity index (χ4n) is 4.34. The van der Waals surface area contributed by atoms with E-state index in [2.05, 4.69) is 67.6 Å². The average molecular weight is 429 g/mol. The average Bonchev–Trinajstić information content (AvgIpc) is 3.51. The third-order valence-corrected chi connectivity index (χ3v) is 6.02. The Morgan fingerprint density at radius 1 is 1.16 bits per heavy atom. The molecule has 7 nitrogen and oxygen atoms in total. The first-order valence-electron chi connectivity index (χ1n) is 11.2. The second kappa shape index (κ2) is 9.26. The number of fused-ring (bicyclic) bond motifs is 1. The maximum atomic E-state index is 5.82. The molecule has 0 fully saturated rings. The van der Waals surface area contributed by atoms with Gasteiger partial charge in [-0.15, -0.1) is 10.2 Å². The fourth-order valence-corrected chi connectivity index (χ4v) is 4.34. The van der Waals surface area contributed by atoms with Crippen LogP contribution in [0.1, 0.15) is 41.8 Å². The molecule has 0 saturated carbocycles. The molecular formula is C25H28N6O. The van der Waals surface area contributed by atoms with Gasteiger partial charge in [0.2, 0.25) is 0 Å². The Hall–Kier alpha value is -3.61. The lowest BCUT2D eigenvalue weighted by Gasteiger charge is -2.23. The van der Waals surface area contributed by atoms with Crippen molar-refractivity contribution in [3.05, 3.63) is 89.8 Å². The van der Waals surface area contributed by atoms with E-state index in [0.29, 0.717) is 19.1 Å². The SMILES string of the molecule is CCOc1ccc(CNc2ccc([C@H]3CCc4nncn4C3)cc2)cc1Cn1cccn1. The summed E-state index contributed by atoms with van der Waals surface area (Å²) >= 11 is 0. The molecule has 0 aliphatic carbocycles. The van der Waals surface area contributed by atoms with Crippen molar-refractivity contribution in [3.63, 3.8) is 0 Å². The monoisotopic (exact) mass is 428 g/mol. The van der Waals surface area contributed by atoms with Gasteiger partial charge in [0.25, 0.3) is 0 Å². The molecule has 0 saturated heterocycles. The van der Waals surface area contributed by atoms with Gasteiger partial charge in [0, 0.05) is 49.1 Å².